The third kappa shape index (κ3) is 3.20. The van der Waals surface area contributed by atoms with Crippen LogP contribution in [0.1, 0.15) is 0 Å². The number of methoxy groups -OCH3 is 1. The van der Waals surface area contributed by atoms with Crippen molar-refractivity contribution >= 4 is 40.5 Å². The van der Waals surface area contributed by atoms with Crippen LogP contribution in [0.3, 0.4) is 0 Å². The van der Waals surface area contributed by atoms with Crippen LogP contribution in [-0.2, 0) is 14.3 Å². The highest BCUT2D eigenvalue weighted by atomic mass is 35.5. The molecular formula is C12H12Cl2N2O5. The van der Waals surface area contributed by atoms with Crippen LogP contribution in [-0.4, -0.2) is 43.8 Å². The number of esters is 1. The number of hydrogen-bond donors (Lipinski definition) is 0. The van der Waals surface area contributed by atoms with Crippen molar-refractivity contribution < 1.29 is 19.2 Å². The maximum Gasteiger partial charge on any atom is 0.330 e. The fourth-order valence-corrected chi connectivity index (χ4v) is 2.83. The number of non-ortho nitro benzene ring substituents is 1. The van der Waals surface area contributed by atoms with Crippen LogP contribution in [0.5, 0.6) is 0 Å². The van der Waals surface area contributed by atoms with Gasteiger partial charge in [-0.15, -0.1) is 0 Å². The number of hydrogen-bond acceptors (Lipinski definition) is 6. The molecule has 0 aromatic heterocycles. The highest BCUT2D eigenvalue weighted by molar-refractivity contribution is 6.39. The smallest absolute Gasteiger partial charge is 0.330 e. The second-order valence-corrected chi connectivity index (χ2v) is 5.14. The number of carbonyl (C=O) groups excluding carboxylic acids is 1. The van der Waals surface area contributed by atoms with Gasteiger partial charge in [-0.2, -0.15) is 0 Å². The highest BCUT2D eigenvalue weighted by Crippen LogP contribution is 2.39. The van der Waals surface area contributed by atoms with E-state index >= 15 is 0 Å². The van der Waals surface area contributed by atoms with Crippen molar-refractivity contribution in [1.29, 1.82) is 0 Å². The zero-order valence-electron chi connectivity index (χ0n) is 11.0. The normalized spacial score (nSPS) is 18.4. The lowest BCUT2D eigenvalue weighted by atomic mass is 10.1. The lowest BCUT2D eigenvalue weighted by molar-refractivity contribution is -0.384. The molecule has 1 aliphatic rings. The molecule has 1 fully saturated rings. The Hall–Kier alpha value is -1.57. The maximum absolute atomic E-state index is 11.8. The summed E-state index contributed by atoms with van der Waals surface area (Å²) in [7, 11) is 1.27. The Morgan fingerprint density at radius 2 is 2.10 bits per heavy atom. The number of ether oxygens (including phenoxy) is 2. The van der Waals surface area contributed by atoms with E-state index in [4.69, 9.17) is 32.7 Å². The van der Waals surface area contributed by atoms with E-state index in [0.29, 0.717) is 18.8 Å². The van der Waals surface area contributed by atoms with Crippen molar-refractivity contribution in [1.82, 2.24) is 0 Å². The van der Waals surface area contributed by atoms with E-state index in [2.05, 4.69) is 0 Å². The third-order valence-electron chi connectivity index (χ3n) is 3.10. The largest absolute Gasteiger partial charge is 0.467 e. The molecule has 114 valence electrons. The van der Waals surface area contributed by atoms with E-state index in [-0.39, 0.29) is 22.3 Å². The van der Waals surface area contributed by atoms with Gasteiger partial charge in [-0.25, -0.2) is 4.79 Å². The summed E-state index contributed by atoms with van der Waals surface area (Å²) in [5, 5.41) is 11.0. The molecule has 1 atom stereocenters. The number of morpholine rings is 1. The summed E-state index contributed by atoms with van der Waals surface area (Å²) >= 11 is 12.2. The van der Waals surface area contributed by atoms with E-state index in [9.17, 15) is 14.9 Å². The monoisotopic (exact) mass is 334 g/mol. The van der Waals surface area contributed by atoms with Crippen molar-refractivity contribution in [3.63, 3.8) is 0 Å². The Bertz CT molecular complexity index is 558. The Kier molecular flexibility index (Phi) is 4.87. The zero-order chi connectivity index (χ0) is 15.6. The van der Waals surface area contributed by atoms with Gasteiger partial charge in [0, 0.05) is 18.7 Å². The predicted octanol–water partition coefficient (Wildman–Crippen LogP) is 2.28. The SMILES string of the molecule is COC(=O)C1COCCN1c1c(Cl)cc([N+](=O)[O-])cc1Cl. The molecule has 21 heavy (non-hydrogen) atoms. The summed E-state index contributed by atoms with van der Waals surface area (Å²) < 4.78 is 9.99. The molecule has 0 N–H and O–H groups in total. The first-order chi connectivity index (χ1) is 9.95. The molecule has 1 aliphatic heterocycles. The molecule has 0 amide bonds. The average Bonchev–Trinajstić information content (AvgIpc) is 2.46. The fraction of sp³-hybridized carbons (Fsp3) is 0.417. The Morgan fingerprint density at radius 1 is 1.48 bits per heavy atom. The summed E-state index contributed by atoms with van der Waals surface area (Å²) in [5.41, 5.74) is 0.152. The lowest BCUT2D eigenvalue weighted by Gasteiger charge is -2.36. The number of halogens is 2. The zero-order valence-corrected chi connectivity index (χ0v) is 12.6. The molecule has 0 spiro atoms. The fourth-order valence-electron chi connectivity index (χ4n) is 2.13. The van der Waals surface area contributed by atoms with Crippen molar-refractivity contribution in [3.05, 3.63) is 32.3 Å². The van der Waals surface area contributed by atoms with Crippen molar-refractivity contribution in [2.75, 3.05) is 31.8 Å². The summed E-state index contributed by atoms with van der Waals surface area (Å²) in [5.74, 6) is -0.486. The lowest BCUT2D eigenvalue weighted by Crippen LogP contribution is -2.50. The van der Waals surface area contributed by atoms with Crippen LogP contribution in [0.2, 0.25) is 10.0 Å². The molecule has 7 nitrogen and oxygen atoms in total. The number of benzene rings is 1. The van der Waals surface area contributed by atoms with Crippen molar-refractivity contribution in [2.45, 2.75) is 6.04 Å². The number of carbonyl (C=O) groups is 1. The second-order valence-electron chi connectivity index (χ2n) is 4.32. The summed E-state index contributed by atoms with van der Waals surface area (Å²) in [6.07, 6.45) is 0. The van der Waals surface area contributed by atoms with Gasteiger partial charge < -0.3 is 14.4 Å². The molecule has 1 saturated heterocycles. The first kappa shape index (κ1) is 15.8. The Morgan fingerprint density at radius 3 is 2.62 bits per heavy atom. The molecule has 1 aromatic rings. The summed E-state index contributed by atoms with van der Waals surface area (Å²) in [6, 6.07) is 1.71. The molecule has 1 aromatic carbocycles. The van der Waals surface area contributed by atoms with E-state index in [1.807, 2.05) is 0 Å². The third-order valence-corrected chi connectivity index (χ3v) is 3.68. The average molecular weight is 335 g/mol. The molecule has 0 bridgehead atoms. The molecule has 9 heteroatoms. The molecule has 1 unspecified atom stereocenters. The molecule has 0 radical (unpaired) electrons. The Balaban J connectivity index is 2.43. The minimum atomic E-state index is -0.694. The van der Waals surface area contributed by atoms with Gasteiger partial charge in [-0.05, 0) is 0 Å². The van der Waals surface area contributed by atoms with Gasteiger partial charge in [0.25, 0.3) is 5.69 Å². The van der Waals surface area contributed by atoms with E-state index in [1.165, 1.54) is 19.2 Å². The first-order valence-electron chi connectivity index (χ1n) is 6.01. The van der Waals surface area contributed by atoms with Gasteiger partial charge >= 0.3 is 5.97 Å². The van der Waals surface area contributed by atoms with Gasteiger partial charge in [-0.1, -0.05) is 23.2 Å². The van der Waals surface area contributed by atoms with E-state index < -0.39 is 16.9 Å². The maximum atomic E-state index is 11.8. The van der Waals surface area contributed by atoms with Crippen molar-refractivity contribution in [2.24, 2.45) is 0 Å². The van der Waals surface area contributed by atoms with E-state index in [0.717, 1.165) is 0 Å². The van der Waals surface area contributed by atoms with Gasteiger partial charge in [0.05, 0.1) is 41.0 Å². The Labute approximate surface area is 130 Å². The van der Waals surface area contributed by atoms with Crippen LogP contribution in [0.4, 0.5) is 11.4 Å². The summed E-state index contributed by atoms with van der Waals surface area (Å²) in [6.45, 7) is 0.893. The first-order valence-corrected chi connectivity index (χ1v) is 6.77. The minimum absolute atomic E-state index is 0.102. The molecule has 1 heterocycles. The van der Waals surface area contributed by atoms with Crippen LogP contribution >= 0.6 is 23.2 Å². The van der Waals surface area contributed by atoms with Crippen molar-refractivity contribution in [3.8, 4) is 0 Å². The number of nitrogens with zero attached hydrogens (tertiary/aromatic N) is 2. The van der Waals surface area contributed by atoms with Gasteiger partial charge in [-0.3, -0.25) is 10.1 Å². The van der Waals surface area contributed by atoms with Gasteiger partial charge in [0.2, 0.25) is 0 Å². The standard InChI is InChI=1S/C12H12Cl2N2O5/c1-20-12(17)10-6-21-3-2-15(10)11-8(13)4-7(16(18)19)5-9(11)14/h4-5,10H,2-3,6H2,1H3. The molecule has 0 aliphatic carbocycles. The molecule has 2 rings (SSSR count). The molecular weight excluding hydrogens is 323 g/mol. The van der Waals surface area contributed by atoms with Crippen LogP contribution in [0.15, 0.2) is 12.1 Å². The van der Waals surface area contributed by atoms with Crippen LogP contribution in [0, 0.1) is 10.1 Å². The number of nitro benzene ring substituents is 1. The van der Waals surface area contributed by atoms with Crippen LogP contribution in [0.25, 0.3) is 0 Å². The quantitative estimate of drug-likeness (QED) is 0.479. The topological polar surface area (TPSA) is 81.9 Å². The predicted molar refractivity (Wildman–Crippen MR) is 77.1 cm³/mol. The second kappa shape index (κ2) is 6.46. The number of rotatable bonds is 3. The number of nitro groups is 1. The number of anilines is 1. The van der Waals surface area contributed by atoms with Gasteiger partial charge in [0.15, 0.2) is 6.04 Å². The minimum Gasteiger partial charge on any atom is -0.467 e. The van der Waals surface area contributed by atoms with E-state index in [1.54, 1.807) is 4.90 Å². The van der Waals surface area contributed by atoms with Crippen LogP contribution < -0.4 is 4.90 Å². The van der Waals surface area contributed by atoms with Gasteiger partial charge in [0.1, 0.15) is 0 Å². The highest BCUT2D eigenvalue weighted by Gasteiger charge is 2.33. The molecule has 0 saturated carbocycles. The summed E-state index contributed by atoms with van der Waals surface area (Å²) in [4.78, 5) is 23.7.